The highest BCUT2D eigenvalue weighted by molar-refractivity contribution is 5.69. The van der Waals surface area contributed by atoms with E-state index in [-0.39, 0.29) is 5.97 Å². The fourth-order valence-electron chi connectivity index (χ4n) is 1.76. The second kappa shape index (κ2) is 7.54. The summed E-state index contributed by atoms with van der Waals surface area (Å²) >= 11 is 0. The SMILES string of the molecule is CCOC(=O)CCNCc1nnc(-c2ccc(C)cc2)o1. The van der Waals surface area contributed by atoms with Crippen molar-refractivity contribution in [3.05, 3.63) is 35.7 Å². The van der Waals surface area contributed by atoms with Gasteiger partial charge in [0.15, 0.2) is 0 Å². The van der Waals surface area contributed by atoms with Crippen molar-refractivity contribution < 1.29 is 13.9 Å². The summed E-state index contributed by atoms with van der Waals surface area (Å²) in [5.74, 6) is 0.780. The monoisotopic (exact) mass is 289 g/mol. The van der Waals surface area contributed by atoms with Gasteiger partial charge in [-0.05, 0) is 26.0 Å². The first kappa shape index (κ1) is 15.2. The van der Waals surface area contributed by atoms with Gasteiger partial charge < -0.3 is 14.5 Å². The molecule has 0 atom stereocenters. The molecule has 0 aliphatic heterocycles. The van der Waals surface area contributed by atoms with Gasteiger partial charge in [-0.2, -0.15) is 0 Å². The number of aryl methyl sites for hydroxylation is 1. The zero-order chi connectivity index (χ0) is 15.1. The number of nitrogens with zero attached hydrogens (tertiary/aromatic N) is 2. The third kappa shape index (κ3) is 4.68. The van der Waals surface area contributed by atoms with Gasteiger partial charge in [0, 0.05) is 12.1 Å². The fraction of sp³-hybridized carbons (Fsp3) is 0.400. The van der Waals surface area contributed by atoms with E-state index in [2.05, 4.69) is 15.5 Å². The summed E-state index contributed by atoms with van der Waals surface area (Å²) in [6.07, 6.45) is 0.326. The molecule has 6 heteroatoms. The van der Waals surface area contributed by atoms with E-state index in [1.54, 1.807) is 6.92 Å². The van der Waals surface area contributed by atoms with Gasteiger partial charge in [0.2, 0.25) is 11.8 Å². The maximum Gasteiger partial charge on any atom is 0.307 e. The van der Waals surface area contributed by atoms with Crippen LogP contribution in [0.25, 0.3) is 11.5 Å². The van der Waals surface area contributed by atoms with Crippen molar-refractivity contribution in [2.45, 2.75) is 26.8 Å². The van der Waals surface area contributed by atoms with Crippen molar-refractivity contribution in [3.63, 3.8) is 0 Å². The number of aromatic nitrogens is 2. The number of nitrogens with one attached hydrogen (secondary N) is 1. The van der Waals surface area contributed by atoms with E-state index in [0.29, 0.717) is 37.9 Å². The van der Waals surface area contributed by atoms with Gasteiger partial charge in [-0.1, -0.05) is 17.7 Å². The molecule has 2 aromatic rings. The van der Waals surface area contributed by atoms with Crippen LogP contribution < -0.4 is 5.32 Å². The van der Waals surface area contributed by atoms with E-state index in [9.17, 15) is 4.79 Å². The van der Waals surface area contributed by atoms with Crippen LogP contribution in [0.4, 0.5) is 0 Å². The van der Waals surface area contributed by atoms with Crippen LogP contribution >= 0.6 is 0 Å². The quantitative estimate of drug-likeness (QED) is 0.621. The van der Waals surface area contributed by atoms with E-state index in [1.807, 2.05) is 31.2 Å². The van der Waals surface area contributed by atoms with Crippen molar-refractivity contribution in [1.82, 2.24) is 15.5 Å². The first-order chi connectivity index (χ1) is 10.2. The maximum absolute atomic E-state index is 11.2. The summed E-state index contributed by atoms with van der Waals surface area (Å²) < 4.78 is 10.4. The molecule has 112 valence electrons. The Balaban J connectivity index is 1.81. The molecule has 6 nitrogen and oxygen atoms in total. The van der Waals surface area contributed by atoms with Crippen LogP contribution in [0.15, 0.2) is 28.7 Å². The van der Waals surface area contributed by atoms with Gasteiger partial charge in [0.25, 0.3) is 0 Å². The van der Waals surface area contributed by atoms with Crippen molar-refractivity contribution in [1.29, 1.82) is 0 Å². The summed E-state index contributed by atoms with van der Waals surface area (Å²) in [5, 5.41) is 11.1. The van der Waals surface area contributed by atoms with Crippen LogP contribution in [-0.4, -0.2) is 29.3 Å². The minimum absolute atomic E-state index is 0.212. The Labute approximate surface area is 123 Å². The number of carbonyl (C=O) groups is 1. The van der Waals surface area contributed by atoms with Crippen LogP contribution in [0, 0.1) is 6.92 Å². The maximum atomic E-state index is 11.2. The molecule has 21 heavy (non-hydrogen) atoms. The lowest BCUT2D eigenvalue weighted by molar-refractivity contribution is -0.142. The lowest BCUT2D eigenvalue weighted by Crippen LogP contribution is -2.19. The van der Waals surface area contributed by atoms with Crippen LogP contribution in [0.3, 0.4) is 0 Å². The summed E-state index contributed by atoms with van der Waals surface area (Å²) in [5.41, 5.74) is 2.07. The predicted octanol–water partition coefficient (Wildman–Crippen LogP) is 2.09. The zero-order valence-electron chi connectivity index (χ0n) is 12.3. The Kier molecular flexibility index (Phi) is 5.45. The van der Waals surface area contributed by atoms with E-state index in [1.165, 1.54) is 5.56 Å². The van der Waals surface area contributed by atoms with Gasteiger partial charge >= 0.3 is 5.97 Å². The number of esters is 1. The van der Waals surface area contributed by atoms with Crippen LogP contribution in [0.5, 0.6) is 0 Å². The zero-order valence-corrected chi connectivity index (χ0v) is 12.3. The molecule has 0 saturated heterocycles. The lowest BCUT2D eigenvalue weighted by Gasteiger charge is -2.02. The average molecular weight is 289 g/mol. The Morgan fingerprint density at radius 1 is 1.29 bits per heavy atom. The molecule has 0 bridgehead atoms. The molecular weight excluding hydrogens is 270 g/mol. The molecule has 0 saturated carbocycles. The number of hydrogen-bond donors (Lipinski definition) is 1. The summed E-state index contributed by atoms with van der Waals surface area (Å²) in [4.78, 5) is 11.2. The van der Waals surface area contributed by atoms with Crippen LogP contribution in [0.2, 0.25) is 0 Å². The number of benzene rings is 1. The van der Waals surface area contributed by atoms with Gasteiger partial charge in [-0.3, -0.25) is 4.79 Å². The third-order valence-electron chi connectivity index (χ3n) is 2.85. The second-order valence-electron chi connectivity index (χ2n) is 4.60. The van der Waals surface area contributed by atoms with E-state index in [4.69, 9.17) is 9.15 Å². The molecule has 0 amide bonds. The summed E-state index contributed by atoms with van der Waals surface area (Å²) in [7, 11) is 0. The number of rotatable bonds is 7. The average Bonchev–Trinajstić information content (AvgIpc) is 2.93. The molecule has 1 heterocycles. The van der Waals surface area contributed by atoms with E-state index in [0.717, 1.165) is 5.56 Å². The molecule has 1 aromatic carbocycles. The molecule has 0 aliphatic rings. The fourth-order valence-corrected chi connectivity index (χ4v) is 1.76. The third-order valence-corrected chi connectivity index (χ3v) is 2.85. The van der Waals surface area contributed by atoms with E-state index < -0.39 is 0 Å². The summed E-state index contributed by atoms with van der Waals surface area (Å²) in [6.45, 7) is 5.16. The molecular formula is C15H19N3O3. The molecule has 0 fully saturated rings. The topological polar surface area (TPSA) is 77.2 Å². The molecule has 0 aliphatic carbocycles. The minimum atomic E-state index is -0.212. The number of carbonyl (C=O) groups excluding carboxylic acids is 1. The van der Waals surface area contributed by atoms with Crippen LogP contribution in [0.1, 0.15) is 24.8 Å². The second-order valence-corrected chi connectivity index (χ2v) is 4.60. The van der Waals surface area contributed by atoms with E-state index >= 15 is 0 Å². The first-order valence-electron chi connectivity index (χ1n) is 6.95. The van der Waals surface area contributed by atoms with Gasteiger partial charge in [-0.25, -0.2) is 0 Å². The minimum Gasteiger partial charge on any atom is -0.466 e. The molecule has 0 spiro atoms. The van der Waals surface area contributed by atoms with Gasteiger partial charge in [-0.15, -0.1) is 10.2 Å². The highest BCUT2D eigenvalue weighted by Gasteiger charge is 2.08. The lowest BCUT2D eigenvalue weighted by atomic mass is 10.1. The van der Waals surface area contributed by atoms with Crippen molar-refractivity contribution in [3.8, 4) is 11.5 Å². The highest BCUT2D eigenvalue weighted by Crippen LogP contribution is 2.17. The van der Waals surface area contributed by atoms with Crippen molar-refractivity contribution >= 4 is 5.97 Å². The normalized spacial score (nSPS) is 10.6. The standard InChI is InChI=1S/C15H19N3O3/c1-3-20-14(19)8-9-16-10-13-17-18-15(21-13)12-6-4-11(2)5-7-12/h4-7,16H,3,8-10H2,1-2H3. The molecule has 1 N–H and O–H groups in total. The van der Waals surface area contributed by atoms with Crippen molar-refractivity contribution in [2.24, 2.45) is 0 Å². The molecule has 0 unspecified atom stereocenters. The Hall–Kier alpha value is -2.21. The predicted molar refractivity (Wildman–Crippen MR) is 77.4 cm³/mol. The first-order valence-corrected chi connectivity index (χ1v) is 6.95. The van der Waals surface area contributed by atoms with Crippen LogP contribution in [-0.2, 0) is 16.1 Å². The smallest absolute Gasteiger partial charge is 0.307 e. The van der Waals surface area contributed by atoms with Gasteiger partial charge in [0.1, 0.15) is 0 Å². The Morgan fingerprint density at radius 3 is 2.76 bits per heavy atom. The number of hydrogen-bond acceptors (Lipinski definition) is 6. The van der Waals surface area contributed by atoms with Crippen molar-refractivity contribution in [2.75, 3.05) is 13.2 Å². The highest BCUT2D eigenvalue weighted by atomic mass is 16.5. The van der Waals surface area contributed by atoms with Gasteiger partial charge in [0.05, 0.1) is 19.6 Å². The number of ether oxygens (including phenoxy) is 1. The largest absolute Gasteiger partial charge is 0.466 e. The molecule has 1 aromatic heterocycles. The Bertz CT molecular complexity index is 578. The molecule has 2 rings (SSSR count). The Morgan fingerprint density at radius 2 is 2.05 bits per heavy atom. The summed E-state index contributed by atoms with van der Waals surface area (Å²) in [6, 6.07) is 7.88. The molecule has 0 radical (unpaired) electrons.